The van der Waals surface area contributed by atoms with Crippen molar-refractivity contribution in [2.45, 2.75) is 32.1 Å². The summed E-state index contributed by atoms with van der Waals surface area (Å²) in [6, 6.07) is 3.90. The molecule has 0 heterocycles. The molecular formula is C17H26Cl2N2O5S. The number of carbonyl (C=O) groups is 1. The van der Waals surface area contributed by atoms with Crippen LogP contribution < -0.4 is 10.0 Å². The van der Waals surface area contributed by atoms with Crippen LogP contribution >= 0.6 is 23.2 Å². The summed E-state index contributed by atoms with van der Waals surface area (Å²) in [6.07, 6.45) is 1.63. The first-order valence-electron chi connectivity index (χ1n) is 8.30. The van der Waals surface area contributed by atoms with Crippen LogP contribution in [0.4, 0.5) is 0 Å². The molecule has 0 fully saturated rings. The van der Waals surface area contributed by atoms with Gasteiger partial charge in [-0.15, -0.1) is 0 Å². The molecule has 0 saturated carbocycles. The van der Waals surface area contributed by atoms with Gasteiger partial charge >= 0.3 is 0 Å². The lowest BCUT2D eigenvalue weighted by Crippen LogP contribution is -2.53. The Morgan fingerprint density at radius 3 is 2.30 bits per heavy atom. The van der Waals surface area contributed by atoms with Gasteiger partial charge in [-0.05, 0) is 18.1 Å². The van der Waals surface area contributed by atoms with E-state index in [1.807, 2.05) is 6.92 Å². The van der Waals surface area contributed by atoms with E-state index in [1.165, 1.54) is 14.2 Å². The third-order valence-electron chi connectivity index (χ3n) is 4.33. The number of rotatable bonds is 10. The zero-order valence-electron chi connectivity index (χ0n) is 16.0. The van der Waals surface area contributed by atoms with Gasteiger partial charge < -0.3 is 14.8 Å². The molecule has 1 aromatic carbocycles. The number of amides is 1. The summed E-state index contributed by atoms with van der Waals surface area (Å²) in [5.41, 5.74) is 0.482. The molecule has 2 N–H and O–H groups in total. The number of hydrogen-bond acceptors (Lipinski definition) is 5. The fourth-order valence-corrected chi connectivity index (χ4v) is 3.90. The molecule has 2 unspecified atom stereocenters. The van der Waals surface area contributed by atoms with Gasteiger partial charge in [0.25, 0.3) is 0 Å². The molecule has 2 atom stereocenters. The highest BCUT2D eigenvalue weighted by molar-refractivity contribution is 7.88. The van der Waals surface area contributed by atoms with Gasteiger partial charge in [0.2, 0.25) is 21.7 Å². The average molecular weight is 441 g/mol. The second-order valence-electron chi connectivity index (χ2n) is 6.26. The van der Waals surface area contributed by atoms with E-state index < -0.39 is 27.8 Å². The highest BCUT2D eigenvalue weighted by Crippen LogP contribution is 2.33. The second-order valence-corrected chi connectivity index (χ2v) is 8.88. The normalized spacial score (nSPS) is 14.6. The molecule has 0 aliphatic rings. The van der Waals surface area contributed by atoms with Gasteiger partial charge in [0, 0.05) is 24.8 Å². The zero-order valence-corrected chi connectivity index (χ0v) is 18.3. The molecule has 0 saturated heterocycles. The predicted octanol–water partition coefficient (Wildman–Crippen LogP) is 2.52. The fourth-order valence-electron chi connectivity index (χ4n) is 2.55. The van der Waals surface area contributed by atoms with E-state index in [0.29, 0.717) is 22.0 Å². The van der Waals surface area contributed by atoms with Gasteiger partial charge in [0.1, 0.15) is 6.04 Å². The number of sulfonamides is 1. The van der Waals surface area contributed by atoms with E-state index in [2.05, 4.69) is 10.0 Å². The van der Waals surface area contributed by atoms with E-state index >= 15 is 0 Å². The molecule has 154 valence electrons. The van der Waals surface area contributed by atoms with Crippen LogP contribution in [0.2, 0.25) is 10.0 Å². The lowest BCUT2D eigenvalue weighted by molar-refractivity contribution is -0.212. The number of carbonyl (C=O) groups excluding carboxylic acids is 1. The number of benzene rings is 1. The van der Waals surface area contributed by atoms with E-state index in [-0.39, 0.29) is 12.5 Å². The molecule has 27 heavy (non-hydrogen) atoms. The maximum atomic E-state index is 12.7. The first-order chi connectivity index (χ1) is 12.5. The van der Waals surface area contributed by atoms with Crippen LogP contribution in [-0.2, 0) is 30.1 Å². The van der Waals surface area contributed by atoms with Crippen molar-refractivity contribution in [2.24, 2.45) is 5.92 Å². The van der Waals surface area contributed by atoms with Crippen molar-refractivity contribution in [2.75, 3.05) is 27.0 Å². The van der Waals surface area contributed by atoms with Crippen molar-refractivity contribution in [3.63, 3.8) is 0 Å². The van der Waals surface area contributed by atoms with Crippen LogP contribution in [0.1, 0.15) is 25.8 Å². The predicted molar refractivity (Wildman–Crippen MR) is 106 cm³/mol. The van der Waals surface area contributed by atoms with Crippen LogP contribution in [0.3, 0.4) is 0 Å². The van der Waals surface area contributed by atoms with Gasteiger partial charge in [-0.3, -0.25) is 4.79 Å². The minimum Gasteiger partial charge on any atom is -0.349 e. The number of nitrogens with one attached hydrogen (secondary N) is 2. The maximum Gasteiger partial charge on any atom is 0.238 e. The number of hydrogen-bond donors (Lipinski definition) is 2. The van der Waals surface area contributed by atoms with Crippen molar-refractivity contribution in [3.8, 4) is 0 Å². The zero-order chi connectivity index (χ0) is 20.8. The minimum atomic E-state index is -3.56. The van der Waals surface area contributed by atoms with Crippen LogP contribution in [-0.4, -0.2) is 47.4 Å². The Morgan fingerprint density at radius 2 is 1.85 bits per heavy atom. The molecule has 0 aliphatic heterocycles. The second kappa shape index (κ2) is 10.0. The first kappa shape index (κ1) is 24.1. The monoisotopic (exact) mass is 440 g/mol. The topological polar surface area (TPSA) is 93.7 Å². The van der Waals surface area contributed by atoms with Crippen LogP contribution in [0.15, 0.2) is 18.2 Å². The van der Waals surface area contributed by atoms with E-state index in [4.69, 9.17) is 32.7 Å². The van der Waals surface area contributed by atoms with Gasteiger partial charge in [-0.1, -0.05) is 49.5 Å². The molecule has 1 amide bonds. The largest absolute Gasteiger partial charge is 0.349 e. The standard InChI is InChI=1S/C17H26Cl2N2O5S/c1-6-11(2)15(21-27(5,23)24)16(22)20-10-17(25-3,26-4)13-8-7-12(18)9-14(13)19/h7-9,11,15,21H,6,10H2,1-5H3,(H,20,22). The summed E-state index contributed by atoms with van der Waals surface area (Å²) in [5, 5.41) is 3.46. The summed E-state index contributed by atoms with van der Waals surface area (Å²) in [7, 11) is -0.725. The molecule has 1 aromatic rings. The third kappa shape index (κ3) is 6.58. The number of ether oxygens (including phenoxy) is 2. The number of halogens is 2. The van der Waals surface area contributed by atoms with E-state index in [0.717, 1.165) is 6.26 Å². The summed E-state index contributed by atoms with van der Waals surface area (Å²) < 4.78 is 36.6. The molecule has 0 aromatic heterocycles. The van der Waals surface area contributed by atoms with Gasteiger partial charge in [-0.25, -0.2) is 13.1 Å². The Kier molecular flexibility index (Phi) is 8.98. The average Bonchev–Trinajstić information content (AvgIpc) is 2.60. The highest BCUT2D eigenvalue weighted by Gasteiger charge is 2.36. The molecule has 0 bridgehead atoms. The fraction of sp³-hybridized carbons (Fsp3) is 0.588. The van der Waals surface area contributed by atoms with Crippen LogP contribution in [0.25, 0.3) is 0 Å². The van der Waals surface area contributed by atoms with Crippen LogP contribution in [0.5, 0.6) is 0 Å². The van der Waals surface area contributed by atoms with Gasteiger partial charge in [0.15, 0.2) is 0 Å². The minimum absolute atomic E-state index is 0.0848. The Hall–Kier alpha value is -0.900. The maximum absolute atomic E-state index is 12.7. The Balaban J connectivity index is 3.08. The van der Waals surface area contributed by atoms with Gasteiger partial charge in [-0.2, -0.15) is 0 Å². The Labute approximate surface area is 170 Å². The summed E-state index contributed by atoms with van der Waals surface area (Å²) in [5.74, 6) is -2.06. The Morgan fingerprint density at radius 1 is 1.26 bits per heavy atom. The molecule has 0 spiro atoms. The third-order valence-corrected chi connectivity index (χ3v) is 5.56. The molecule has 10 heteroatoms. The van der Waals surface area contributed by atoms with Gasteiger partial charge in [0.05, 0.1) is 17.8 Å². The summed E-state index contributed by atoms with van der Waals surface area (Å²) >= 11 is 12.2. The van der Waals surface area contributed by atoms with Crippen molar-refractivity contribution in [3.05, 3.63) is 33.8 Å². The SMILES string of the molecule is CCC(C)C(NS(C)(=O)=O)C(=O)NCC(OC)(OC)c1ccc(Cl)cc1Cl. The van der Waals surface area contributed by atoms with E-state index in [9.17, 15) is 13.2 Å². The summed E-state index contributed by atoms with van der Waals surface area (Å²) in [4.78, 5) is 12.7. The summed E-state index contributed by atoms with van der Waals surface area (Å²) in [6.45, 7) is 3.58. The van der Waals surface area contributed by atoms with Crippen molar-refractivity contribution >= 4 is 39.1 Å². The molecular weight excluding hydrogens is 415 g/mol. The van der Waals surface area contributed by atoms with Crippen molar-refractivity contribution in [1.82, 2.24) is 10.0 Å². The molecule has 0 radical (unpaired) electrons. The lowest BCUT2D eigenvalue weighted by Gasteiger charge is -2.33. The first-order valence-corrected chi connectivity index (χ1v) is 10.9. The Bertz CT molecular complexity index is 754. The smallest absolute Gasteiger partial charge is 0.238 e. The van der Waals surface area contributed by atoms with Crippen molar-refractivity contribution in [1.29, 1.82) is 0 Å². The quantitative estimate of drug-likeness (QED) is 0.545. The van der Waals surface area contributed by atoms with E-state index in [1.54, 1.807) is 25.1 Å². The number of methoxy groups -OCH3 is 2. The molecule has 0 aliphatic carbocycles. The molecule has 7 nitrogen and oxygen atoms in total. The molecule has 1 rings (SSSR count). The highest BCUT2D eigenvalue weighted by atomic mass is 35.5. The lowest BCUT2D eigenvalue weighted by atomic mass is 9.99. The van der Waals surface area contributed by atoms with Crippen molar-refractivity contribution < 1.29 is 22.7 Å². The van der Waals surface area contributed by atoms with Crippen LogP contribution in [0, 0.1) is 5.92 Å².